The van der Waals surface area contributed by atoms with E-state index in [-0.39, 0.29) is 6.61 Å². The number of aliphatic hydroxyl groups excluding tert-OH is 1. The fourth-order valence-corrected chi connectivity index (χ4v) is 2.26. The standard InChI is InChI=1S/C13H25N5O/c1-16-4-6-17(7-5-16)3-2-14-10-13-11-15-18(12-13)8-9-19/h11-12,14,19H,2-10H2,1H3. The largest absolute Gasteiger partial charge is 0.394 e. The summed E-state index contributed by atoms with van der Waals surface area (Å²) in [5.74, 6) is 0. The first-order chi connectivity index (χ1) is 9.28. The van der Waals surface area contributed by atoms with Crippen LogP contribution in [0.5, 0.6) is 0 Å². The zero-order valence-electron chi connectivity index (χ0n) is 11.8. The van der Waals surface area contributed by atoms with Gasteiger partial charge in [0.25, 0.3) is 0 Å². The van der Waals surface area contributed by atoms with E-state index in [0.29, 0.717) is 6.54 Å². The third-order valence-electron chi connectivity index (χ3n) is 3.55. The van der Waals surface area contributed by atoms with Crippen LogP contribution in [0, 0.1) is 0 Å². The Morgan fingerprint density at radius 2 is 2.05 bits per heavy atom. The number of hydrogen-bond acceptors (Lipinski definition) is 5. The van der Waals surface area contributed by atoms with Crippen LogP contribution in [0.25, 0.3) is 0 Å². The summed E-state index contributed by atoms with van der Waals surface area (Å²) >= 11 is 0. The molecule has 6 nitrogen and oxygen atoms in total. The second kappa shape index (κ2) is 7.59. The van der Waals surface area contributed by atoms with Crippen molar-refractivity contribution in [3.05, 3.63) is 18.0 Å². The van der Waals surface area contributed by atoms with Crippen LogP contribution in [0.15, 0.2) is 12.4 Å². The summed E-state index contributed by atoms with van der Waals surface area (Å²) in [6.07, 6.45) is 3.84. The Balaban J connectivity index is 1.58. The third-order valence-corrected chi connectivity index (χ3v) is 3.55. The molecule has 1 aromatic heterocycles. The molecule has 0 spiro atoms. The highest BCUT2D eigenvalue weighted by Gasteiger charge is 2.12. The van der Waals surface area contributed by atoms with Crippen molar-refractivity contribution in [1.29, 1.82) is 0 Å². The minimum Gasteiger partial charge on any atom is -0.394 e. The molecule has 0 aromatic carbocycles. The van der Waals surface area contributed by atoms with Gasteiger partial charge in [0.15, 0.2) is 0 Å². The second-order valence-electron chi connectivity index (χ2n) is 5.16. The van der Waals surface area contributed by atoms with Crippen LogP contribution in [0.3, 0.4) is 0 Å². The smallest absolute Gasteiger partial charge is 0.0640 e. The van der Waals surface area contributed by atoms with Crippen LogP contribution < -0.4 is 5.32 Å². The van der Waals surface area contributed by atoms with Gasteiger partial charge in [-0.15, -0.1) is 0 Å². The Labute approximate surface area is 115 Å². The molecular weight excluding hydrogens is 242 g/mol. The average molecular weight is 267 g/mol. The molecule has 0 aliphatic carbocycles. The lowest BCUT2D eigenvalue weighted by molar-refractivity contribution is 0.154. The fourth-order valence-electron chi connectivity index (χ4n) is 2.26. The van der Waals surface area contributed by atoms with E-state index < -0.39 is 0 Å². The maximum absolute atomic E-state index is 8.82. The van der Waals surface area contributed by atoms with Crippen LogP contribution in [0.1, 0.15) is 5.56 Å². The number of aliphatic hydroxyl groups is 1. The van der Waals surface area contributed by atoms with E-state index in [0.717, 1.165) is 19.6 Å². The molecule has 0 atom stereocenters. The molecule has 1 aromatic rings. The molecule has 0 radical (unpaired) electrons. The minimum atomic E-state index is 0.137. The Hall–Kier alpha value is -0.950. The van der Waals surface area contributed by atoms with Crippen LogP contribution in [-0.4, -0.2) is 77.6 Å². The van der Waals surface area contributed by atoms with Gasteiger partial charge in [0.2, 0.25) is 0 Å². The summed E-state index contributed by atoms with van der Waals surface area (Å²) in [6.45, 7) is 8.37. The molecule has 0 unspecified atom stereocenters. The van der Waals surface area contributed by atoms with Crippen molar-refractivity contribution in [2.24, 2.45) is 0 Å². The highest BCUT2D eigenvalue weighted by Crippen LogP contribution is 1.99. The Morgan fingerprint density at radius 3 is 2.79 bits per heavy atom. The van der Waals surface area contributed by atoms with Gasteiger partial charge in [-0.2, -0.15) is 5.10 Å². The minimum absolute atomic E-state index is 0.137. The van der Waals surface area contributed by atoms with E-state index >= 15 is 0 Å². The number of likely N-dealkylation sites (N-methyl/N-ethyl adjacent to an activating group) is 1. The van der Waals surface area contributed by atoms with Crippen molar-refractivity contribution in [3.8, 4) is 0 Å². The molecule has 2 heterocycles. The zero-order chi connectivity index (χ0) is 13.5. The highest BCUT2D eigenvalue weighted by atomic mass is 16.3. The van der Waals surface area contributed by atoms with Crippen LogP contribution >= 0.6 is 0 Å². The highest BCUT2D eigenvalue weighted by molar-refractivity contribution is 5.03. The van der Waals surface area contributed by atoms with Crippen LogP contribution in [0.4, 0.5) is 0 Å². The van der Waals surface area contributed by atoms with Crippen LogP contribution in [-0.2, 0) is 13.1 Å². The van der Waals surface area contributed by atoms with Crippen molar-refractivity contribution >= 4 is 0 Å². The Morgan fingerprint density at radius 1 is 1.26 bits per heavy atom. The first kappa shape index (κ1) is 14.5. The van der Waals surface area contributed by atoms with Gasteiger partial charge in [-0.3, -0.25) is 9.58 Å². The van der Waals surface area contributed by atoms with E-state index in [9.17, 15) is 0 Å². The molecule has 108 valence electrons. The number of rotatable bonds is 7. The number of nitrogens with zero attached hydrogens (tertiary/aromatic N) is 4. The predicted octanol–water partition coefficient (Wildman–Crippen LogP) is -0.788. The van der Waals surface area contributed by atoms with Gasteiger partial charge in [-0.05, 0) is 7.05 Å². The van der Waals surface area contributed by atoms with Crippen molar-refractivity contribution in [2.45, 2.75) is 13.1 Å². The zero-order valence-corrected chi connectivity index (χ0v) is 11.8. The van der Waals surface area contributed by atoms with Gasteiger partial charge in [0, 0.05) is 57.6 Å². The van der Waals surface area contributed by atoms with Gasteiger partial charge in [0.1, 0.15) is 0 Å². The predicted molar refractivity (Wildman–Crippen MR) is 75.0 cm³/mol. The lowest BCUT2D eigenvalue weighted by Gasteiger charge is -2.32. The van der Waals surface area contributed by atoms with Gasteiger partial charge in [-0.1, -0.05) is 0 Å². The molecule has 0 saturated carbocycles. The topological polar surface area (TPSA) is 56.6 Å². The van der Waals surface area contributed by atoms with Crippen LogP contribution in [0.2, 0.25) is 0 Å². The van der Waals surface area contributed by atoms with E-state index in [1.807, 2.05) is 12.4 Å². The van der Waals surface area contributed by atoms with Crippen molar-refractivity contribution in [1.82, 2.24) is 24.9 Å². The molecule has 1 saturated heterocycles. The normalized spacial score (nSPS) is 18.0. The first-order valence-electron chi connectivity index (χ1n) is 7.02. The van der Waals surface area contributed by atoms with Crippen molar-refractivity contribution in [2.75, 3.05) is 52.9 Å². The maximum Gasteiger partial charge on any atom is 0.0640 e. The molecule has 2 N–H and O–H groups in total. The molecule has 1 aliphatic rings. The molecule has 2 rings (SSSR count). The van der Waals surface area contributed by atoms with Gasteiger partial charge in [-0.25, -0.2) is 0 Å². The summed E-state index contributed by atoms with van der Waals surface area (Å²) in [7, 11) is 2.18. The van der Waals surface area contributed by atoms with E-state index in [1.54, 1.807) is 4.68 Å². The number of piperazine rings is 1. The van der Waals surface area contributed by atoms with Gasteiger partial charge >= 0.3 is 0 Å². The fraction of sp³-hybridized carbons (Fsp3) is 0.769. The van der Waals surface area contributed by atoms with Gasteiger partial charge < -0.3 is 15.3 Å². The van der Waals surface area contributed by atoms with E-state index in [1.165, 1.54) is 31.7 Å². The van der Waals surface area contributed by atoms with E-state index in [4.69, 9.17) is 5.11 Å². The number of nitrogens with one attached hydrogen (secondary N) is 1. The molecule has 1 aliphatic heterocycles. The molecule has 1 fully saturated rings. The summed E-state index contributed by atoms with van der Waals surface area (Å²) in [5, 5.41) is 16.4. The quantitative estimate of drug-likeness (QED) is 0.634. The second-order valence-corrected chi connectivity index (χ2v) is 5.16. The first-order valence-corrected chi connectivity index (χ1v) is 7.02. The molecule has 6 heteroatoms. The molecule has 0 amide bonds. The summed E-state index contributed by atoms with van der Waals surface area (Å²) in [5.41, 5.74) is 1.17. The average Bonchev–Trinajstić information content (AvgIpc) is 2.85. The third kappa shape index (κ3) is 4.91. The number of hydrogen-bond donors (Lipinski definition) is 2. The molecular formula is C13H25N5O. The lowest BCUT2D eigenvalue weighted by atomic mass is 10.3. The number of aromatic nitrogens is 2. The SMILES string of the molecule is CN1CCN(CCNCc2cnn(CCO)c2)CC1. The molecule has 0 bridgehead atoms. The summed E-state index contributed by atoms with van der Waals surface area (Å²) in [6, 6.07) is 0. The van der Waals surface area contributed by atoms with E-state index in [2.05, 4.69) is 27.3 Å². The van der Waals surface area contributed by atoms with Crippen molar-refractivity contribution in [3.63, 3.8) is 0 Å². The van der Waals surface area contributed by atoms with Crippen molar-refractivity contribution < 1.29 is 5.11 Å². The van der Waals surface area contributed by atoms with Gasteiger partial charge in [0.05, 0.1) is 19.3 Å². The summed E-state index contributed by atoms with van der Waals surface area (Å²) in [4.78, 5) is 4.88. The Kier molecular flexibility index (Phi) is 5.78. The monoisotopic (exact) mass is 267 g/mol. The summed E-state index contributed by atoms with van der Waals surface area (Å²) < 4.78 is 1.78. The maximum atomic E-state index is 8.82. The lowest BCUT2D eigenvalue weighted by Crippen LogP contribution is -2.46. The molecule has 19 heavy (non-hydrogen) atoms. The Bertz CT molecular complexity index is 360.